The Morgan fingerprint density at radius 1 is 1.27 bits per heavy atom. The zero-order chi connectivity index (χ0) is 11.5. The van der Waals surface area contributed by atoms with Crippen molar-refractivity contribution in [3.63, 3.8) is 0 Å². The molecule has 1 N–H and O–H groups in total. The van der Waals surface area contributed by atoms with E-state index in [1.165, 1.54) is 12.7 Å². The Labute approximate surface area is 89.4 Å². The fourth-order valence-corrected chi connectivity index (χ4v) is 0.805. The normalized spacial score (nSPS) is 8.73. The van der Waals surface area contributed by atoms with Gasteiger partial charge < -0.3 is 14.6 Å². The number of benzene rings is 1. The van der Waals surface area contributed by atoms with E-state index < -0.39 is 12.6 Å². The second-order valence-electron chi connectivity index (χ2n) is 2.65. The van der Waals surface area contributed by atoms with Crippen LogP contribution >= 0.6 is 0 Å². The highest BCUT2D eigenvalue weighted by Crippen LogP contribution is 1.98. The predicted molar refractivity (Wildman–Crippen MR) is 56.3 cm³/mol. The first-order valence-electron chi connectivity index (χ1n) is 4.45. The van der Waals surface area contributed by atoms with Crippen LogP contribution in [0.3, 0.4) is 0 Å². The van der Waals surface area contributed by atoms with Crippen molar-refractivity contribution in [1.82, 2.24) is 0 Å². The lowest BCUT2D eigenvalue weighted by molar-refractivity contribution is -0.143. The molecule has 0 bridgehead atoms. The molecule has 1 aromatic carbocycles. The largest absolute Gasteiger partial charge is 0.467 e. The van der Waals surface area contributed by atoms with E-state index in [4.69, 9.17) is 9.84 Å². The van der Waals surface area contributed by atoms with E-state index in [2.05, 4.69) is 4.74 Å². The molecule has 0 aliphatic heterocycles. The lowest BCUT2D eigenvalue weighted by atomic mass is 10.2. The van der Waals surface area contributed by atoms with E-state index in [-0.39, 0.29) is 0 Å². The standard InChI is InChI=1S/C8H10O.C3H6O3/c1-9-7-8-5-3-2-4-6-8;1-6-3(5)2-4/h2-6H,7H2,1H3;4H,2H2,1H3. The van der Waals surface area contributed by atoms with Crippen molar-refractivity contribution < 1.29 is 19.4 Å². The third-order valence-electron chi connectivity index (χ3n) is 1.51. The van der Waals surface area contributed by atoms with E-state index in [1.807, 2.05) is 30.3 Å². The maximum absolute atomic E-state index is 9.71. The maximum atomic E-state index is 9.71. The number of esters is 1. The van der Waals surface area contributed by atoms with Gasteiger partial charge in [0.05, 0.1) is 13.7 Å². The monoisotopic (exact) mass is 212 g/mol. The van der Waals surface area contributed by atoms with Crippen molar-refractivity contribution in [3.8, 4) is 0 Å². The fraction of sp³-hybridized carbons (Fsp3) is 0.364. The first-order valence-corrected chi connectivity index (χ1v) is 4.45. The number of methoxy groups -OCH3 is 2. The molecule has 1 aromatic rings. The molecule has 0 aliphatic carbocycles. The van der Waals surface area contributed by atoms with E-state index in [0.29, 0.717) is 6.61 Å². The number of carbonyl (C=O) groups is 1. The number of rotatable bonds is 3. The highest BCUT2D eigenvalue weighted by Gasteiger charge is 1.89. The molecule has 0 unspecified atom stereocenters. The molecule has 0 fully saturated rings. The average Bonchev–Trinajstić information content (AvgIpc) is 2.31. The van der Waals surface area contributed by atoms with Crippen molar-refractivity contribution in [2.24, 2.45) is 0 Å². The Hall–Kier alpha value is -1.39. The molecule has 0 saturated carbocycles. The molecule has 1 rings (SSSR count). The van der Waals surface area contributed by atoms with Crippen LogP contribution in [0.4, 0.5) is 0 Å². The summed E-state index contributed by atoms with van der Waals surface area (Å²) in [6.07, 6.45) is 0. The summed E-state index contributed by atoms with van der Waals surface area (Å²) in [7, 11) is 2.92. The molecule has 0 saturated heterocycles. The first-order chi connectivity index (χ1) is 7.24. The highest BCUT2D eigenvalue weighted by atomic mass is 16.5. The molecule has 0 heterocycles. The van der Waals surface area contributed by atoms with Gasteiger partial charge in [-0.3, -0.25) is 0 Å². The lowest BCUT2D eigenvalue weighted by Gasteiger charge is -1.95. The zero-order valence-corrected chi connectivity index (χ0v) is 8.97. The summed E-state index contributed by atoms with van der Waals surface area (Å²) in [4.78, 5) is 9.71. The molecule has 0 aromatic heterocycles. The third kappa shape index (κ3) is 7.66. The van der Waals surface area contributed by atoms with Crippen molar-refractivity contribution in [1.29, 1.82) is 0 Å². The van der Waals surface area contributed by atoms with E-state index in [9.17, 15) is 4.79 Å². The first kappa shape index (κ1) is 13.6. The quantitative estimate of drug-likeness (QED) is 0.759. The molecule has 84 valence electrons. The van der Waals surface area contributed by atoms with Gasteiger partial charge in [0.25, 0.3) is 0 Å². The predicted octanol–water partition coefficient (Wildman–Crippen LogP) is 0.985. The van der Waals surface area contributed by atoms with Gasteiger partial charge >= 0.3 is 5.97 Å². The molecule has 0 aliphatic rings. The van der Waals surface area contributed by atoms with Crippen LogP contribution in [-0.4, -0.2) is 31.9 Å². The molecule has 0 amide bonds. The summed E-state index contributed by atoms with van der Waals surface area (Å²) in [5, 5.41) is 7.86. The lowest BCUT2D eigenvalue weighted by Crippen LogP contribution is -2.04. The average molecular weight is 212 g/mol. The van der Waals surface area contributed by atoms with Crippen LogP contribution in [0.25, 0.3) is 0 Å². The summed E-state index contributed by atoms with van der Waals surface area (Å²) in [5.74, 6) is -0.602. The van der Waals surface area contributed by atoms with E-state index >= 15 is 0 Å². The Balaban J connectivity index is 0.000000288. The molecular weight excluding hydrogens is 196 g/mol. The van der Waals surface area contributed by atoms with Crippen molar-refractivity contribution in [2.45, 2.75) is 6.61 Å². The fourth-order valence-electron chi connectivity index (χ4n) is 0.805. The summed E-state index contributed by atoms with van der Waals surface area (Å²) in [6, 6.07) is 10.1. The second-order valence-corrected chi connectivity index (χ2v) is 2.65. The minimum atomic E-state index is -0.602. The number of carbonyl (C=O) groups excluding carboxylic acids is 1. The smallest absolute Gasteiger partial charge is 0.331 e. The van der Waals surface area contributed by atoms with Gasteiger partial charge in [-0.05, 0) is 5.56 Å². The zero-order valence-electron chi connectivity index (χ0n) is 8.97. The van der Waals surface area contributed by atoms with Crippen LogP contribution < -0.4 is 0 Å². The molecule has 0 spiro atoms. The van der Waals surface area contributed by atoms with Crippen LogP contribution in [0.5, 0.6) is 0 Å². The summed E-state index contributed by atoms with van der Waals surface area (Å²) >= 11 is 0. The summed E-state index contributed by atoms with van der Waals surface area (Å²) in [5.41, 5.74) is 1.22. The molecule has 0 radical (unpaired) electrons. The van der Waals surface area contributed by atoms with E-state index in [1.54, 1.807) is 7.11 Å². The van der Waals surface area contributed by atoms with Gasteiger partial charge in [-0.2, -0.15) is 0 Å². The third-order valence-corrected chi connectivity index (χ3v) is 1.51. The molecule has 4 heteroatoms. The van der Waals surface area contributed by atoms with Crippen LogP contribution in [0.2, 0.25) is 0 Å². The number of hydrogen-bond acceptors (Lipinski definition) is 4. The van der Waals surface area contributed by atoms with Crippen LogP contribution in [0.1, 0.15) is 5.56 Å². The summed E-state index contributed by atoms with van der Waals surface area (Å²) in [6.45, 7) is 0.178. The Bertz CT molecular complexity index is 253. The van der Waals surface area contributed by atoms with Gasteiger partial charge in [-0.1, -0.05) is 30.3 Å². The molecule has 0 atom stereocenters. The van der Waals surface area contributed by atoms with Crippen LogP contribution in [0, 0.1) is 0 Å². The maximum Gasteiger partial charge on any atom is 0.331 e. The Kier molecular flexibility index (Phi) is 8.33. The number of hydrogen-bond donors (Lipinski definition) is 1. The van der Waals surface area contributed by atoms with Crippen molar-refractivity contribution >= 4 is 5.97 Å². The minimum absolute atomic E-state index is 0.531. The van der Waals surface area contributed by atoms with Gasteiger partial charge in [0.2, 0.25) is 0 Å². The molecular formula is C11H16O4. The topological polar surface area (TPSA) is 55.8 Å². The number of aliphatic hydroxyl groups is 1. The van der Waals surface area contributed by atoms with Crippen molar-refractivity contribution in [3.05, 3.63) is 35.9 Å². The summed E-state index contributed by atoms with van der Waals surface area (Å²) < 4.78 is 8.94. The van der Waals surface area contributed by atoms with Gasteiger partial charge in [-0.25, -0.2) is 4.79 Å². The Morgan fingerprint density at radius 3 is 2.20 bits per heavy atom. The molecule has 4 nitrogen and oxygen atoms in total. The minimum Gasteiger partial charge on any atom is -0.467 e. The van der Waals surface area contributed by atoms with Gasteiger partial charge in [0, 0.05) is 7.11 Å². The van der Waals surface area contributed by atoms with Crippen molar-refractivity contribution in [2.75, 3.05) is 20.8 Å². The van der Waals surface area contributed by atoms with Crippen LogP contribution in [0.15, 0.2) is 30.3 Å². The second kappa shape index (κ2) is 9.18. The van der Waals surface area contributed by atoms with E-state index in [0.717, 1.165) is 0 Å². The number of ether oxygens (including phenoxy) is 2. The number of aliphatic hydroxyl groups excluding tert-OH is 1. The van der Waals surface area contributed by atoms with Crippen LogP contribution in [-0.2, 0) is 20.9 Å². The SMILES string of the molecule is COC(=O)CO.COCc1ccccc1. The highest BCUT2D eigenvalue weighted by molar-refractivity contribution is 5.70. The van der Waals surface area contributed by atoms with Gasteiger partial charge in [-0.15, -0.1) is 0 Å². The van der Waals surface area contributed by atoms with Gasteiger partial charge in [0.1, 0.15) is 6.61 Å². The molecule has 15 heavy (non-hydrogen) atoms. The van der Waals surface area contributed by atoms with Gasteiger partial charge in [0.15, 0.2) is 0 Å². The Morgan fingerprint density at radius 2 is 1.87 bits per heavy atom.